The van der Waals surface area contributed by atoms with Gasteiger partial charge in [-0.3, -0.25) is 14.1 Å². The van der Waals surface area contributed by atoms with Crippen molar-refractivity contribution in [2.24, 2.45) is 10.2 Å². The number of methoxy groups -OCH3 is 2. The minimum Gasteiger partial charge on any atom is -0.493 e. The van der Waals surface area contributed by atoms with E-state index in [9.17, 15) is 23.6 Å². The van der Waals surface area contributed by atoms with E-state index >= 15 is 0 Å². The Labute approximate surface area is 205 Å². The molecule has 0 aliphatic carbocycles. The van der Waals surface area contributed by atoms with Gasteiger partial charge in [-0.15, -0.1) is 5.11 Å². The topological polar surface area (TPSA) is 201 Å². The molecule has 3 rings (SSSR count). The molecule has 0 aliphatic heterocycles. The molecule has 2 heterocycles. The average molecular weight is 516 g/mol. The molecule has 0 fully saturated rings. The van der Waals surface area contributed by atoms with E-state index in [2.05, 4.69) is 24.9 Å². The van der Waals surface area contributed by atoms with Crippen LogP contribution in [-0.2, 0) is 16.6 Å². The van der Waals surface area contributed by atoms with Gasteiger partial charge in [0.1, 0.15) is 11.6 Å². The molecule has 0 spiro atoms. The molecule has 3 N–H and O–H groups in total. The Kier molecular flexibility index (Phi) is 7.82. The third-order valence-electron chi connectivity index (χ3n) is 4.82. The number of ether oxygens (including phenoxy) is 2. The zero-order valence-corrected chi connectivity index (χ0v) is 20.1. The van der Waals surface area contributed by atoms with Crippen LogP contribution in [0.4, 0.5) is 17.2 Å². The predicted octanol–water partition coefficient (Wildman–Crippen LogP) is 1.75. The molecule has 0 saturated carbocycles. The SMILES string of the molecule is COc1cc(NS(=O)(=O)c2ccc(N=Nc3c(C)c(C#N)c(O)n(CCO)c3=O)cc2)nc(OC)n1. The number of nitrogens with one attached hydrogen (secondary N) is 1. The van der Waals surface area contributed by atoms with Crippen LogP contribution in [0.5, 0.6) is 17.8 Å². The number of aliphatic hydroxyl groups excluding tert-OH is 1. The molecule has 15 heteroatoms. The fourth-order valence-electron chi connectivity index (χ4n) is 3.01. The van der Waals surface area contributed by atoms with E-state index in [-0.39, 0.29) is 51.7 Å². The Morgan fingerprint density at radius 2 is 1.86 bits per heavy atom. The van der Waals surface area contributed by atoms with Crippen LogP contribution in [0.3, 0.4) is 0 Å². The molecule has 0 bridgehead atoms. The first kappa shape index (κ1) is 26.1. The summed E-state index contributed by atoms with van der Waals surface area (Å²) in [7, 11) is -1.37. The lowest BCUT2D eigenvalue weighted by Crippen LogP contribution is -2.23. The molecule has 0 atom stereocenters. The molecular weight excluding hydrogens is 494 g/mol. The van der Waals surface area contributed by atoms with Crippen molar-refractivity contribution in [3.63, 3.8) is 0 Å². The second-order valence-electron chi connectivity index (χ2n) is 7.05. The van der Waals surface area contributed by atoms with Gasteiger partial charge in [0.05, 0.1) is 38.0 Å². The first-order valence-corrected chi connectivity index (χ1v) is 11.6. The number of rotatable bonds is 9. The number of hydrogen-bond acceptors (Lipinski definition) is 12. The number of aliphatic hydroxyl groups is 1. The molecule has 0 unspecified atom stereocenters. The maximum atomic E-state index is 12.8. The third kappa shape index (κ3) is 5.40. The van der Waals surface area contributed by atoms with E-state index in [0.717, 1.165) is 4.57 Å². The van der Waals surface area contributed by atoms with Crippen molar-refractivity contribution in [2.45, 2.75) is 18.4 Å². The normalized spacial score (nSPS) is 11.3. The quantitative estimate of drug-likeness (QED) is 0.352. The van der Waals surface area contributed by atoms with Crippen LogP contribution in [0.15, 0.2) is 50.3 Å². The number of pyridine rings is 1. The van der Waals surface area contributed by atoms with Gasteiger partial charge in [-0.05, 0) is 31.2 Å². The Morgan fingerprint density at radius 1 is 1.17 bits per heavy atom. The second kappa shape index (κ2) is 10.8. The molecular formula is C21H21N7O7S. The summed E-state index contributed by atoms with van der Waals surface area (Å²) in [5.74, 6) is -0.552. The lowest BCUT2D eigenvalue weighted by atomic mass is 10.1. The molecule has 188 valence electrons. The van der Waals surface area contributed by atoms with Crippen molar-refractivity contribution in [1.82, 2.24) is 14.5 Å². The molecule has 14 nitrogen and oxygen atoms in total. The van der Waals surface area contributed by atoms with Crippen molar-refractivity contribution in [2.75, 3.05) is 25.5 Å². The molecule has 0 amide bonds. The van der Waals surface area contributed by atoms with Crippen molar-refractivity contribution in [3.05, 3.63) is 51.8 Å². The van der Waals surface area contributed by atoms with Gasteiger partial charge in [0.2, 0.25) is 11.8 Å². The fourth-order valence-corrected chi connectivity index (χ4v) is 4.00. The van der Waals surface area contributed by atoms with Crippen LogP contribution in [-0.4, -0.2) is 54.0 Å². The van der Waals surface area contributed by atoms with Crippen LogP contribution in [0.2, 0.25) is 0 Å². The number of hydrogen-bond donors (Lipinski definition) is 3. The highest BCUT2D eigenvalue weighted by Crippen LogP contribution is 2.27. The van der Waals surface area contributed by atoms with E-state index in [0.29, 0.717) is 0 Å². The van der Waals surface area contributed by atoms with E-state index in [4.69, 9.17) is 14.6 Å². The Balaban J connectivity index is 1.89. The minimum atomic E-state index is -4.05. The highest BCUT2D eigenvalue weighted by atomic mass is 32.2. The number of sulfonamides is 1. The second-order valence-corrected chi connectivity index (χ2v) is 8.73. The number of benzene rings is 1. The minimum absolute atomic E-state index is 0.0716. The molecule has 0 radical (unpaired) electrons. The third-order valence-corrected chi connectivity index (χ3v) is 6.19. The van der Waals surface area contributed by atoms with Gasteiger partial charge in [0.25, 0.3) is 15.6 Å². The largest absolute Gasteiger partial charge is 0.493 e. The summed E-state index contributed by atoms with van der Waals surface area (Å²) < 4.78 is 38.6. The highest BCUT2D eigenvalue weighted by molar-refractivity contribution is 7.92. The summed E-state index contributed by atoms with van der Waals surface area (Å²) in [5, 5.41) is 36.5. The van der Waals surface area contributed by atoms with Gasteiger partial charge in [0.15, 0.2) is 11.5 Å². The summed E-state index contributed by atoms with van der Waals surface area (Å²) in [6, 6.07) is 8.22. The van der Waals surface area contributed by atoms with Crippen LogP contribution < -0.4 is 19.8 Å². The van der Waals surface area contributed by atoms with Crippen molar-refractivity contribution in [1.29, 1.82) is 5.26 Å². The monoisotopic (exact) mass is 515 g/mol. The van der Waals surface area contributed by atoms with Crippen LogP contribution >= 0.6 is 0 Å². The summed E-state index contributed by atoms with van der Waals surface area (Å²) in [6.07, 6.45) is 0. The van der Waals surface area contributed by atoms with Gasteiger partial charge in [0, 0.05) is 11.6 Å². The fraction of sp³-hybridized carbons (Fsp3) is 0.238. The summed E-state index contributed by atoms with van der Waals surface area (Å²) in [6.45, 7) is 0.734. The lowest BCUT2D eigenvalue weighted by Gasteiger charge is -2.11. The van der Waals surface area contributed by atoms with Gasteiger partial charge in [-0.2, -0.15) is 20.3 Å². The maximum absolute atomic E-state index is 12.8. The zero-order valence-electron chi connectivity index (χ0n) is 19.3. The summed E-state index contributed by atoms with van der Waals surface area (Å²) in [5.41, 5.74) is -0.818. The first-order valence-electron chi connectivity index (χ1n) is 10.1. The van der Waals surface area contributed by atoms with Gasteiger partial charge >= 0.3 is 6.01 Å². The van der Waals surface area contributed by atoms with Gasteiger partial charge in [-0.1, -0.05) is 0 Å². The number of anilines is 1. The maximum Gasteiger partial charge on any atom is 0.321 e. The molecule has 0 saturated heterocycles. The van der Waals surface area contributed by atoms with Crippen molar-refractivity contribution in [3.8, 4) is 23.8 Å². The molecule has 2 aromatic heterocycles. The Morgan fingerprint density at radius 3 is 2.44 bits per heavy atom. The molecule has 1 aromatic carbocycles. The summed E-state index contributed by atoms with van der Waals surface area (Å²) in [4.78, 5) is 20.4. The van der Waals surface area contributed by atoms with Gasteiger partial charge < -0.3 is 19.7 Å². The molecule has 3 aromatic rings. The van der Waals surface area contributed by atoms with E-state index < -0.39 is 28.1 Å². The number of aromatic hydroxyl groups is 1. The summed E-state index contributed by atoms with van der Waals surface area (Å²) >= 11 is 0. The molecule has 0 aliphatic rings. The van der Waals surface area contributed by atoms with E-state index in [1.165, 1.54) is 51.5 Å². The van der Waals surface area contributed by atoms with Crippen LogP contribution in [0.25, 0.3) is 0 Å². The number of nitriles is 1. The number of nitrogens with zero attached hydrogens (tertiary/aromatic N) is 6. The Bertz CT molecular complexity index is 1490. The van der Waals surface area contributed by atoms with E-state index in [1.807, 2.05) is 0 Å². The predicted molar refractivity (Wildman–Crippen MR) is 125 cm³/mol. The highest BCUT2D eigenvalue weighted by Gasteiger charge is 2.19. The Hall–Kier alpha value is -4.55. The van der Waals surface area contributed by atoms with E-state index in [1.54, 1.807) is 6.07 Å². The zero-order chi connectivity index (χ0) is 26.5. The van der Waals surface area contributed by atoms with Crippen molar-refractivity contribution < 1.29 is 28.1 Å². The number of aromatic nitrogens is 3. The standard InChI is InChI=1S/C21H21N7O7S/c1-12-15(11-22)19(30)28(8-9-29)20(31)18(12)26-25-13-4-6-14(7-5-13)36(32,33)27-16-10-17(34-2)24-21(23-16)35-3/h4-7,10,29-30H,8-9H2,1-3H3,(H,23,24,27). The van der Waals surface area contributed by atoms with Crippen LogP contribution in [0, 0.1) is 18.3 Å². The van der Waals surface area contributed by atoms with Crippen LogP contribution in [0.1, 0.15) is 11.1 Å². The van der Waals surface area contributed by atoms with Crippen molar-refractivity contribution >= 4 is 27.2 Å². The lowest BCUT2D eigenvalue weighted by molar-refractivity contribution is 0.263. The number of azo groups is 1. The average Bonchev–Trinajstić information content (AvgIpc) is 2.86. The molecule has 36 heavy (non-hydrogen) atoms. The van der Waals surface area contributed by atoms with Gasteiger partial charge in [-0.25, -0.2) is 8.42 Å². The smallest absolute Gasteiger partial charge is 0.321 e. The first-order chi connectivity index (χ1) is 17.1.